The summed E-state index contributed by atoms with van der Waals surface area (Å²) in [6.07, 6.45) is 3.56. The quantitative estimate of drug-likeness (QED) is 0.744. The second-order valence-electron chi connectivity index (χ2n) is 3.77. The van der Waals surface area contributed by atoms with E-state index in [1.165, 1.54) is 0 Å². The predicted octanol–water partition coefficient (Wildman–Crippen LogP) is 3.47. The largest absolute Gasteiger partial charge is 0.508 e. The zero-order valence-corrected chi connectivity index (χ0v) is 10.4. The van der Waals surface area contributed by atoms with Crippen molar-refractivity contribution in [3.63, 3.8) is 0 Å². The topological polar surface area (TPSA) is 37.5 Å². The van der Waals surface area contributed by atoms with E-state index in [1.54, 1.807) is 18.3 Å². The van der Waals surface area contributed by atoms with E-state index in [0.29, 0.717) is 0 Å². The van der Waals surface area contributed by atoms with Gasteiger partial charge in [0.15, 0.2) is 0 Å². The maximum Gasteiger partial charge on any atom is 0.144 e. The lowest BCUT2D eigenvalue weighted by Gasteiger charge is -2.02. The van der Waals surface area contributed by atoms with Gasteiger partial charge in [0.2, 0.25) is 0 Å². The molecular formula is C13H9BrN2O. The van der Waals surface area contributed by atoms with Gasteiger partial charge in [-0.2, -0.15) is 0 Å². The summed E-state index contributed by atoms with van der Waals surface area (Å²) in [5.41, 5.74) is 1.91. The number of hydrogen-bond donors (Lipinski definition) is 1. The Balaban J connectivity index is 2.24. The summed E-state index contributed by atoms with van der Waals surface area (Å²) in [5.74, 6) is 1.11. The van der Waals surface area contributed by atoms with Gasteiger partial charge in [0.25, 0.3) is 0 Å². The second kappa shape index (κ2) is 3.89. The molecular weight excluding hydrogens is 280 g/mol. The maximum absolute atomic E-state index is 9.41. The fourth-order valence-corrected chi connectivity index (χ4v) is 2.23. The van der Waals surface area contributed by atoms with E-state index in [1.807, 2.05) is 34.9 Å². The summed E-state index contributed by atoms with van der Waals surface area (Å²) in [4.78, 5) is 4.38. The van der Waals surface area contributed by atoms with Gasteiger partial charge in [-0.05, 0) is 18.2 Å². The first-order valence-electron chi connectivity index (χ1n) is 5.16. The molecule has 0 saturated heterocycles. The number of imidazole rings is 1. The predicted molar refractivity (Wildman–Crippen MR) is 70.0 cm³/mol. The summed E-state index contributed by atoms with van der Waals surface area (Å²) in [6.45, 7) is 0. The number of rotatable bonds is 1. The molecule has 0 unspecified atom stereocenters. The van der Waals surface area contributed by atoms with Gasteiger partial charge in [0, 0.05) is 22.3 Å². The molecule has 0 aliphatic rings. The van der Waals surface area contributed by atoms with Crippen LogP contribution >= 0.6 is 15.9 Å². The van der Waals surface area contributed by atoms with E-state index in [0.717, 1.165) is 21.4 Å². The third-order valence-electron chi connectivity index (χ3n) is 2.60. The third kappa shape index (κ3) is 1.80. The first-order valence-corrected chi connectivity index (χ1v) is 5.95. The minimum absolute atomic E-state index is 0.248. The molecule has 4 heteroatoms. The van der Waals surface area contributed by atoms with Crippen LogP contribution in [-0.4, -0.2) is 14.5 Å². The SMILES string of the molecule is Oc1ccn2c(-c3cccc(Br)c3)ncc2c1. The molecule has 17 heavy (non-hydrogen) atoms. The van der Waals surface area contributed by atoms with E-state index in [2.05, 4.69) is 20.9 Å². The van der Waals surface area contributed by atoms with Crippen molar-refractivity contribution in [1.82, 2.24) is 9.38 Å². The van der Waals surface area contributed by atoms with Crippen LogP contribution in [0.4, 0.5) is 0 Å². The van der Waals surface area contributed by atoms with Gasteiger partial charge in [-0.3, -0.25) is 4.40 Å². The van der Waals surface area contributed by atoms with Gasteiger partial charge in [-0.1, -0.05) is 28.1 Å². The van der Waals surface area contributed by atoms with Crippen LogP contribution in [0.1, 0.15) is 0 Å². The maximum atomic E-state index is 9.41. The summed E-state index contributed by atoms with van der Waals surface area (Å²) in [5, 5.41) is 9.41. The van der Waals surface area contributed by atoms with Gasteiger partial charge in [0.1, 0.15) is 11.6 Å². The highest BCUT2D eigenvalue weighted by atomic mass is 79.9. The molecule has 0 amide bonds. The lowest BCUT2D eigenvalue weighted by molar-refractivity contribution is 0.475. The van der Waals surface area contributed by atoms with Crippen molar-refractivity contribution in [2.45, 2.75) is 0 Å². The zero-order chi connectivity index (χ0) is 11.8. The molecule has 0 bridgehead atoms. The fraction of sp³-hybridized carbons (Fsp3) is 0. The van der Waals surface area contributed by atoms with E-state index in [9.17, 15) is 5.11 Å². The molecule has 1 aromatic carbocycles. The average molecular weight is 289 g/mol. The van der Waals surface area contributed by atoms with Gasteiger partial charge in [-0.25, -0.2) is 4.98 Å². The molecule has 0 spiro atoms. The summed E-state index contributed by atoms with van der Waals surface area (Å²) in [6, 6.07) is 11.3. The Kier molecular flexibility index (Phi) is 2.37. The second-order valence-corrected chi connectivity index (χ2v) is 4.69. The van der Waals surface area contributed by atoms with Gasteiger partial charge >= 0.3 is 0 Å². The Hall–Kier alpha value is -1.81. The van der Waals surface area contributed by atoms with E-state index in [4.69, 9.17) is 0 Å². The van der Waals surface area contributed by atoms with E-state index in [-0.39, 0.29) is 5.75 Å². The molecule has 2 heterocycles. The first kappa shape index (κ1) is 10.4. The van der Waals surface area contributed by atoms with E-state index >= 15 is 0 Å². The first-order chi connectivity index (χ1) is 8.24. The monoisotopic (exact) mass is 288 g/mol. The van der Waals surface area contributed by atoms with Crippen molar-refractivity contribution in [2.24, 2.45) is 0 Å². The lowest BCUT2D eigenvalue weighted by Crippen LogP contribution is -1.88. The number of pyridine rings is 1. The Bertz CT molecular complexity index is 691. The van der Waals surface area contributed by atoms with Gasteiger partial charge in [0.05, 0.1) is 11.7 Å². The Morgan fingerprint density at radius 3 is 2.88 bits per heavy atom. The van der Waals surface area contributed by atoms with Crippen LogP contribution in [0.3, 0.4) is 0 Å². The zero-order valence-electron chi connectivity index (χ0n) is 8.84. The van der Waals surface area contributed by atoms with Crippen molar-refractivity contribution in [1.29, 1.82) is 0 Å². The molecule has 0 aliphatic carbocycles. The highest BCUT2D eigenvalue weighted by molar-refractivity contribution is 9.10. The van der Waals surface area contributed by atoms with Crippen molar-refractivity contribution < 1.29 is 5.11 Å². The van der Waals surface area contributed by atoms with Crippen molar-refractivity contribution in [3.05, 3.63) is 53.3 Å². The number of halogens is 1. The van der Waals surface area contributed by atoms with Crippen LogP contribution in [0.25, 0.3) is 16.9 Å². The lowest BCUT2D eigenvalue weighted by atomic mass is 10.2. The molecule has 3 rings (SSSR count). The van der Waals surface area contributed by atoms with Crippen LogP contribution in [0.5, 0.6) is 5.75 Å². The molecule has 0 fully saturated rings. The molecule has 0 atom stereocenters. The Labute approximate surface area is 106 Å². The van der Waals surface area contributed by atoms with Crippen molar-refractivity contribution in [3.8, 4) is 17.1 Å². The van der Waals surface area contributed by atoms with Crippen molar-refractivity contribution >= 4 is 21.4 Å². The molecule has 3 aromatic rings. The summed E-state index contributed by atoms with van der Waals surface area (Å²) < 4.78 is 2.96. The number of fused-ring (bicyclic) bond motifs is 1. The number of benzene rings is 1. The molecule has 0 radical (unpaired) electrons. The standard InChI is InChI=1S/C13H9BrN2O/c14-10-3-1-2-9(6-10)13-15-8-11-7-12(17)4-5-16(11)13/h1-8,17H. The minimum Gasteiger partial charge on any atom is -0.508 e. The number of nitrogens with zero attached hydrogens (tertiary/aromatic N) is 2. The fourth-order valence-electron chi connectivity index (χ4n) is 1.83. The van der Waals surface area contributed by atoms with Crippen molar-refractivity contribution in [2.75, 3.05) is 0 Å². The van der Waals surface area contributed by atoms with E-state index < -0.39 is 0 Å². The Morgan fingerprint density at radius 1 is 1.18 bits per heavy atom. The third-order valence-corrected chi connectivity index (χ3v) is 3.09. The molecule has 1 N–H and O–H groups in total. The summed E-state index contributed by atoms with van der Waals surface area (Å²) >= 11 is 3.45. The highest BCUT2D eigenvalue weighted by Gasteiger charge is 2.06. The van der Waals surface area contributed by atoms with Crippen LogP contribution in [0.2, 0.25) is 0 Å². The van der Waals surface area contributed by atoms with Gasteiger partial charge in [-0.15, -0.1) is 0 Å². The van der Waals surface area contributed by atoms with Crippen LogP contribution in [0, 0.1) is 0 Å². The van der Waals surface area contributed by atoms with Crippen LogP contribution in [0.15, 0.2) is 53.3 Å². The summed E-state index contributed by atoms with van der Waals surface area (Å²) in [7, 11) is 0. The normalized spacial score (nSPS) is 10.9. The molecule has 0 saturated carbocycles. The number of aromatic hydroxyl groups is 1. The molecule has 2 aromatic heterocycles. The van der Waals surface area contributed by atoms with Crippen LogP contribution in [-0.2, 0) is 0 Å². The average Bonchev–Trinajstić information content (AvgIpc) is 2.71. The van der Waals surface area contributed by atoms with Gasteiger partial charge < -0.3 is 5.11 Å². The number of hydrogen-bond acceptors (Lipinski definition) is 2. The smallest absolute Gasteiger partial charge is 0.144 e. The molecule has 84 valence electrons. The Morgan fingerprint density at radius 2 is 2.06 bits per heavy atom. The minimum atomic E-state index is 0.248. The van der Waals surface area contributed by atoms with Crippen LogP contribution < -0.4 is 0 Å². The molecule has 0 aliphatic heterocycles. The number of aromatic nitrogens is 2. The molecule has 3 nitrogen and oxygen atoms in total. The highest BCUT2D eigenvalue weighted by Crippen LogP contribution is 2.24.